The highest BCUT2D eigenvalue weighted by molar-refractivity contribution is 5.23. The molecule has 1 saturated carbocycles. The van der Waals surface area contributed by atoms with E-state index in [1.54, 1.807) is 0 Å². The van der Waals surface area contributed by atoms with Gasteiger partial charge in [0.25, 0.3) is 0 Å². The van der Waals surface area contributed by atoms with E-state index < -0.39 is 5.60 Å². The van der Waals surface area contributed by atoms with Crippen molar-refractivity contribution in [3.8, 4) is 0 Å². The first-order valence-electron chi connectivity index (χ1n) is 8.31. The zero-order valence-corrected chi connectivity index (χ0v) is 13.0. The summed E-state index contributed by atoms with van der Waals surface area (Å²) in [6.45, 7) is 0.972. The lowest BCUT2D eigenvalue weighted by atomic mass is 9.77. The summed E-state index contributed by atoms with van der Waals surface area (Å²) in [5.74, 6) is 0. The molecule has 1 aliphatic rings. The molecule has 2 nitrogen and oxygen atoms in total. The Balaban J connectivity index is 1.55. The second kappa shape index (κ2) is 7.08. The first-order valence-corrected chi connectivity index (χ1v) is 8.31. The molecule has 0 saturated heterocycles. The van der Waals surface area contributed by atoms with Crippen LogP contribution in [0.4, 0.5) is 0 Å². The Labute approximate surface area is 133 Å². The molecular weight excluding hydrogens is 270 g/mol. The quantitative estimate of drug-likeness (QED) is 0.882. The first-order chi connectivity index (χ1) is 10.8. The normalized spacial score (nSPS) is 25.0. The Kier molecular flexibility index (Phi) is 4.91. The van der Waals surface area contributed by atoms with Crippen molar-refractivity contribution >= 4 is 0 Å². The number of hydrogen-bond acceptors (Lipinski definition) is 2. The van der Waals surface area contributed by atoms with E-state index in [2.05, 4.69) is 35.6 Å². The number of aliphatic hydroxyl groups is 1. The van der Waals surface area contributed by atoms with Crippen LogP contribution in [0.15, 0.2) is 60.7 Å². The SMILES string of the molecule is O[C@@]1(c2ccccc2)CCC[C@@H](NCCc2ccccc2)C1. The molecule has 2 aromatic carbocycles. The Morgan fingerprint density at radius 2 is 1.68 bits per heavy atom. The van der Waals surface area contributed by atoms with Gasteiger partial charge in [0.2, 0.25) is 0 Å². The molecule has 2 aromatic rings. The predicted molar refractivity (Wildman–Crippen MR) is 90.7 cm³/mol. The molecule has 0 spiro atoms. The first kappa shape index (κ1) is 15.3. The minimum absolute atomic E-state index is 0.405. The van der Waals surface area contributed by atoms with Crippen LogP contribution in [-0.2, 0) is 12.0 Å². The molecule has 2 N–H and O–H groups in total. The maximum absolute atomic E-state index is 11.0. The van der Waals surface area contributed by atoms with Gasteiger partial charge in [0, 0.05) is 6.04 Å². The van der Waals surface area contributed by atoms with Crippen molar-refractivity contribution in [1.29, 1.82) is 0 Å². The molecule has 2 atom stereocenters. The van der Waals surface area contributed by atoms with Gasteiger partial charge in [-0.2, -0.15) is 0 Å². The van der Waals surface area contributed by atoms with Crippen LogP contribution in [0.2, 0.25) is 0 Å². The molecule has 3 rings (SSSR count). The fourth-order valence-corrected chi connectivity index (χ4v) is 3.50. The van der Waals surface area contributed by atoms with Crippen molar-refractivity contribution < 1.29 is 5.11 Å². The van der Waals surface area contributed by atoms with E-state index in [0.717, 1.165) is 44.2 Å². The van der Waals surface area contributed by atoms with Crippen molar-refractivity contribution in [2.75, 3.05) is 6.54 Å². The molecule has 0 heterocycles. The van der Waals surface area contributed by atoms with Crippen molar-refractivity contribution in [3.05, 3.63) is 71.8 Å². The third kappa shape index (κ3) is 3.76. The fraction of sp³-hybridized carbons (Fsp3) is 0.400. The molecule has 0 aromatic heterocycles. The van der Waals surface area contributed by atoms with Gasteiger partial charge >= 0.3 is 0 Å². The predicted octanol–water partition coefficient (Wildman–Crippen LogP) is 3.65. The average Bonchev–Trinajstić information content (AvgIpc) is 2.57. The highest BCUT2D eigenvalue weighted by atomic mass is 16.3. The van der Waals surface area contributed by atoms with E-state index in [0.29, 0.717) is 6.04 Å². The monoisotopic (exact) mass is 295 g/mol. The van der Waals surface area contributed by atoms with Gasteiger partial charge in [0.15, 0.2) is 0 Å². The lowest BCUT2D eigenvalue weighted by Crippen LogP contribution is -2.42. The van der Waals surface area contributed by atoms with Crippen LogP contribution in [-0.4, -0.2) is 17.7 Å². The van der Waals surface area contributed by atoms with Crippen molar-refractivity contribution in [1.82, 2.24) is 5.32 Å². The van der Waals surface area contributed by atoms with Gasteiger partial charge < -0.3 is 10.4 Å². The standard InChI is InChI=1S/C20H25NO/c22-20(18-10-5-2-6-11-18)14-7-12-19(16-20)21-15-13-17-8-3-1-4-9-17/h1-6,8-11,19,21-22H,7,12-16H2/t19-,20+/m1/s1. The third-order valence-electron chi connectivity index (χ3n) is 4.73. The van der Waals surface area contributed by atoms with Crippen molar-refractivity contribution in [2.45, 2.75) is 43.7 Å². The summed E-state index contributed by atoms with van der Waals surface area (Å²) in [7, 11) is 0. The summed E-state index contributed by atoms with van der Waals surface area (Å²) in [5, 5.41) is 14.6. The second-order valence-corrected chi connectivity index (χ2v) is 6.38. The molecule has 1 aliphatic carbocycles. The van der Waals surface area contributed by atoms with Gasteiger partial charge in [-0.3, -0.25) is 0 Å². The van der Waals surface area contributed by atoms with Gasteiger partial charge in [-0.05, 0) is 49.8 Å². The van der Waals surface area contributed by atoms with Gasteiger partial charge in [0.05, 0.1) is 5.60 Å². The molecule has 1 fully saturated rings. The fourth-order valence-electron chi connectivity index (χ4n) is 3.50. The van der Waals surface area contributed by atoms with Crippen LogP contribution < -0.4 is 5.32 Å². The molecule has 0 amide bonds. The summed E-state index contributed by atoms with van der Waals surface area (Å²) < 4.78 is 0. The summed E-state index contributed by atoms with van der Waals surface area (Å²) >= 11 is 0. The zero-order chi connectivity index (χ0) is 15.3. The van der Waals surface area contributed by atoms with Crippen molar-refractivity contribution in [2.24, 2.45) is 0 Å². The van der Waals surface area contributed by atoms with E-state index in [9.17, 15) is 5.11 Å². The molecule has 2 heteroatoms. The largest absolute Gasteiger partial charge is 0.385 e. The van der Waals surface area contributed by atoms with E-state index in [1.807, 2.05) is 30.3 Å². The van der Waals surface area contributed by atoms with Crippen LogP contribution in [0.5, 0.6) is 0 Å². The van der Waals surface area contributed by atoms with E-state index in [-0.39, 0.29) is 0 Å². The van der Waals surface area contributed by atoms with Crippen LogP contribution >= 0.6 is 0 Å². The number of nitrogens with one attached hydrogen (secondary N) is 1. The van der Waals surface area contributed by atoms with Crippen LogP contribution in [0.1, 0.15) is 36.8 Å². The molecular formula is C20H25NO. The zero-order valence-electron chi connectivity index (χ0n) is 13.0. The molecule has 116 valence electrons. The molecule has 0 bridgehead atoms. The Hall–Kier alpha value is -1.64. The Morgan fingerprint density at radius 3 is 2.41 bits per heavy atom. The maximum Gasteiger partial charge on any atom is 0.0911 e. The summed E-state index contributed by atoms with van der Waals surface area (Å²) in [5.41, 5.74) is 1.76. The number of rotatable bonds is 5. The smallest absolute Gasteiger partial charge is 0.0911 e. The Bertz CT molecular complexity index is 569. The van der Waals surface area contributed by atoms with Crippen LogP contribution in [0, 0.1) is 0 Å². The maximum atomic E-state index is 11.0. The van der Waals surface area contributed by atoms with Gasteiger partial charge in [-0.1, -0.05) is 60.7 Å². The van der Waals surface area contributed by atoms with Crippen LogP contribution in [0.25, 0.3) is 0 Å². The van der Waals surface area contributed by atoms with Crippen LogP contribution in [0.3, 0.4) is 0 Å². The Morgan fingerprint density at radius 1 is 1.00 bits per heavy atom. The van der Waals surface area contributed by atoms with Gasteiger partial charge in [0.1, 0.15) is 0 Å². The van der Waals surface area contributed by atoms with E-state index in [1.165, 1.54) is 5.56 Å². The van der Waals surface area contributed by atoms with E-state index >= 15 is 0 Å². The van der Waals surface area contributed by atoms with Gasteiger partial charge in [-0.15, -0.1) is 0 Å². The minimum Gasteiger partial charge on any atom is -0.385 e. The summed E-state index contributed by atoms with van der Waals surface area (Å²) in [6.07, 6.45) is 4.96. The molecule has 0 unspecified atom stereocenters. The highest BCUT2D eigenvalue weighted by Gasteiger charge is 2.35. The lowest BCUT2D eigenvalue weighted by Gasteiger charge is -2.37. The number of hydrogen-bond donors (Lipinski definition) is 2. The summed E-state index contributed by atoms with van der Waals surface area (Å²) in [6, 6.07) is 21.1. The topological polar surface area (TPSA) is 32.3 Å². The van der Waals surface area contributed by atoms with E-state index in [4.69, 9.17) is 0 Å². The number of benzene rings is 2. The molecule has 0 aliphatic heterocycles. The molecule has 0 radical (unpaired) electrons. The highest BCUT2D eigenvalue weighted by Crippen LogP contribution is 2.36. The lowest BCUT2D eigenvalue weighted by molar-refractivity contribution is -0.0122. The third-order valence-corrected chi connectivity index (χ3v) is 4.73. The van der Waals surface area contributed by atoms with Crippen molar-refractivity contribution in [3.63, 3.8) is 0 Å². The average molecular weight is 295 g/mol. The van der Waals surface area contributed by atoms with Gasteiger partial charge in [-0.25, -0.2) is 0 Å². The second-order valence-electron chi connectivity index (χ2n) is 6.38. The minimum atomic E-state index is -0.663. The molecule has 22 heavy (non-hydrogen) atoms. The summed E-state index contributed by atoms with van der Waals surface area (Å²) in [4.78, 5) is 0.